The lowest BCUT2D eigenvalue weighted by Crippen LogP contribution is -2.28. The van der Waals surface area contributed by atoms with Crippen LogP contribution in [-0.4, -0.2) is 20.6 Å². The van der Waals surface area contributed by atoms with E-state index >= 15 is 0 Å². The van der Waals surface area contributed by atoms with Gasteiger partial charge in [0.1, 0.15) is 0 Å². The lowest BCUT2D eigenvalue weighted by atomic mass is 10.0. The Balaban J connectivity index is 2.22. The Morgan fingerprint density at radius 3 is 2.33 bits per heavy atom. The SMILES string of the molecule is Cc1ccc([C@H](C)NC(=O)c2ccccc2NS(C)(=O)=O)cc1C. The number of carbonyl (C=O) groups is 1. The molecule has 0 saturated carbocycles. The third-order valence-electron chi connectivity index (χ3n) is 3.85. The molecule has 0 aliphatic carbocycles. The Labute approximate surface area is 143 Å². The van der Waals surface area contributed by atoms with E-state index in [1.807, 2.05) is 39.0 Å². The zero-order valence-electron chi connectivity index (χ0n) is 14.3. The molecule has 0 heterocycles. The van der Waals surface area contributed by atoms with Gasteiger partial charge in [-0.3, -0.25) is 9.52 Å². The lowest BCUT2D eigenvalue weighted by molar-refractivity contribution is 0.0941. The van der Waals surface area contributed by atoms with Crippen molar-refractivity contribution >= 4 is 21.6 Å². The van der Waals surface area contributed by atoms with E-state index in [-0.39, 0.29) is 17.6 Å². The Hall–Kier alpha value is -2.34. The molecule has 1 atom stereocenters. The number of rotatable bonds is 5. The topological polar surface area (TPSA) is 75.3 Å². The van der Waals surface area contributed by atoms with Crippen molar-refractivity contribution < 1.29 is 13.2 Å². The third-order valence-corrected chi connectivity index (χ3v) is 4.44. The maximum atomic E-state index is 12.5. The minimum Gasteiger partial charge on any atom is -0.345 e. The molecule has 2 aromatic carbocycles. The molecule has 0 aromatic heterocycles. The molecule has 2 aromatic rings. The normalized spacial score (nSPS) is 12.5. The van der Waals surface area contributed by atoms with Crippen LogP contribution in [0.15, 0.2) is 42.5 Å². The van der Waals surface area contributed by atoms with Crippen molar-refractivity contribution in [2.24, 2.45) is 0 Å². The smallest absolute Gasteiger partial charge is 0.253 e. The van der Waals surface area contributed by atoms with Crippen LogP contribution in [0.25, 0.3) is 0 Å². The van der Waals surface area contributed by atoms with Crippen molar-refractivity contribution in [2.45, 2.75) is 26.8 Å². The summed E-state index contributed by atoms with van der Waals surface area (Å²) in [6.45, 7) is 5.96. The van der Waals surface area contributed by atoms with Gasteiger partial charge in [-0.25, -0.2) is 8.42 Å². The van der Waals surface area contributed by atoms with Crippen molar-refractivity contribution in [3.63, 3.8) is 0 Å². The summed E-state index contributed by atoms with van der Waals surface area (Å²) < 4.78 is 25.3. The summed E-state index contributed by atoms with van der Waals surface area (Å²) in [5.74, 6) is -0.326. The monoisotopic (exact) mass is 346 g/mol. The summed E-state index contributed by atoms with van der Waals surface area (Å²) in [5, 5.41) is 2.91. The van der Waals surface area contributed by atoms with Crippen molar-refractivity contribution in [1.82, 2.24) is 5.32 Å². The number of aryl methyl sites for hydroxylation is 2. The minimum absolute atomic E-state index is 0.192. The molecule has 0 radical (unpaired) electrons. The average Bonchev–Trinajstić information content (AvgIpc) is 2.48. The summed E-state index contributed by atoms with van der Waals surface area (Å²) in [4.78, 5) is 12.5. The molecule has 0 bridgehead atoms. The number of para-hydroxylation sites is 1. The summed E-state index contributed by atoms with van der Waals surface area (Å²) in [5.41, 5.74) is 3.91. The highest BCUT2D eigenvalue weighted by Crippen LogP contribution is 2.20. The van der Waals surface area contributed by atoms with Crippen molar-refractivity contribution in [2.75, 3.05) is 11.0 Å². The minimum atomic E-state index is -3.45. The average molecular weight is 346 g/mol. The molecule has 0 aliphatic heterocycles. The quantitative estimate of drug-likeness (QED) is 0.873. The van der Waals surface area contributed by atoms with Crippen LogP contribution in [0.5, 0.6) is 0 Å². The zero-order valence-corrected chi connectivity index (χ0v) is 15.1. The van der Waals surface area contributed by atoms with Crippen LogP contribution >= 0.6 is 0 Å². The first-order chi connectivity index (χ1) is 11.2. The standard InChI is InChI=1S/C18H22N2O3S/c1-12-9-10-15(11-13(12)2)14(3)19-18(21)16-7-5-6-8-17(16)20-24(4,22)23/h5-11,14,20H,1-4H3,(H,19,21)/t14-/m0/s1. The fourth-order valence-corrected chi connectivity index (χ4v) is 2.94. The van der Waals surface area contributed by atoms with Gasteiger partial charge < -0.3 is 5.32 Å². The van der Waals surface area contributed by atoms with E-state index in [1.54, 1.807) is 24.3 Å². The highest BCUT2D eigenvalue weighted by molar-refractivity contribution is 7.92. The number of hydrogen-bond donors (Lipinski definition) is 2. The van der Waals surface area contributed by atoms with Gasteiger partial charge in [0.05, 0.1) is 23.5 Å². The van der Waals surface area contributed by atoms with Crippen LogP contribution in [-0.2, 0) is 10.0 Å². The predicted molar refractivity (Wildman–Crippen MR) is 96.7 cm³/mol. The third kappa shape index (κ3) is 4.58. The fourth-order valence-electron chi connectivity index (χ4n) is 2.36. The molecule has 24 heavy (non-hydrogen) atoms. The number of nitrogens with one attached hydrogen (secondary N) is 2. The molecule has 6 heteroatoms. The Kier molecular flexibility index (Phi) is 5.29. The number of hydrogen-bond acceptors (Lipinski definition) is 3. The van der Waals surface area contributed by atoms with Crippen LogP contribution in [0.3, 0.4) is 0 Å². The van der Waals surface area contributed by atoms with E-state index in [9.17, 15) is 13.2 Å². The van der Waals surface area contributed by atoms with E-state index in [0.717, 1.165) is 17.4 Å². The van der Waals surface area contributed by atoms with Gasteiger partial charge >= 0.3 is 0 Å². The molecule has 2 rings (SSSR count). The van der Waals surface area contributed by atoms with Gasteiger partial charge in [0.15, 0.2) is 0 Å². The highest BCUT2D eigenvalue weighted by atomic mass is 32.2. The fraction of sp³-hybridized carbons (Fsp3) is 0.278. The maximum absolute atomic E-state index is 12.5. The second-order valence-electron chi connectivity index (χ2n) is 5.96. The van der Waals surface area contributed by atoms with Gasteiger partial charge in [0.25, 0.3) is 5.91 Å². The van der Waals surface area contributed by atoms with Crippen molar-refractivity contribution in [1.29, 1.82) is 0 Å². The number of benzene rings is 2. The number of sulfonamides is 1. The van der Waals surface area contributed by atoms with E-state index in [4.69, 9.17) is 0 Å². The van der Waals surface area contributed by atoms with E-state index in [2.05, 4.69) is 10.0 Å². The van der Waals surface area contributed by atoms with E-state index in [1.165, 1.54) is 5.56 Å². The molecule has 0 aliphatic rings. The Morgan fingerprint density at radius 2 is 1.71 bits per heavy atom. The number of amides is 1. The lowest BCUT2D eigenvalue weighted by Gasteiger charge is -2.17. The molecule has 0 unspecified atom stereocenters. The largest absolute Gasteiger partial charge is 0.345 e. The molecule has 5 nitrogen and oxygen atoms in total. The van der Waals surface area contributed by atoms with Gasteiger partial charge in [0.2, 0.25) is 10.0 Å². The van der Waals surface area contributed by atoms with Crippen LogP contribution in [0.4, 0.5) is 5.69 Å². The van der Waals surface area contributed by atoms with Gasteiger partial charge in [-0.1, -0.05) is 30.3 Å². The van der Waals surface area contributed by atoms with Crippen molar-refractivity contribution in [3.05, 3.63) is 64.7 Å². The highest BCUT2D eigenvalue weighted by Gasteiger charge is 2.16. The van der Waals surface area contributed by atoms with Crippen LogP contribution < -0.4 is 10.0 Å². The Morgan fingerprint density at radius 1 is 1.04 bits per heavy atom. The first kappa shape index (κ1) is 18.0. The van der Waals surface area contributed by atoms with Crippen LogP contribution in [0, 0.1) is 13.8 Å². The molecule has 1 amide bonds. The van der Waals surface area contributed by atoms with Gasteiger partial charge in [-0.2, -0.15) is 0 Å². The second-order valence-corrected chi connectivity index (χ2v) is 7.71. The Bertz CT molecular complexity index is 860. The zero-order chi connectivity index (χ0) is 17.9. The predicted octanol–water partition coefficient (Wildman–Crippen LogP) is 3.17. The van der Waals surface area contributed by atoms with Crippen LogP contribution in [0.2, 0.25) is 0 Å². The first-order valence-electron chi connectivity index (χ1n) is 7.62. The number of carbonyl (C=O) groups excluding carboxylic acids is 1. The molecule has 128 valence electrons. The number of anilines is 1. The van der Waals surface area contributed by atoms with Gasteiger partial charge in [-0.05, 0) is 49.6 Å². The summed E-state index contributed by atoms with van der Waals surface area (Å²) in [6, 6.07) is 12.4. The molecular weight excluding hydrogens is 324 g/mol. The van der Waals surface area contributed by atoms with Gasteiger partial charge in [-0.15, -0.1) is 0 Å². The molecule has 0 saturated heterocycles. The van der Waals surface area contributed by atoms with E-state index in [0.29, 0.717) is 5.56 Å². The summed E-state index contributed by atoms with van der Waals surface area (Å²) >= 11 is 0. The summed E-state index contributed by atoms with van der Waals surface area (Å²) in [7, 11) is -3.45. The van der Waals surface area contributed by atoms with E-state index < -0.39 is 10.0 Å². The molecule has 2 N–H and O–H groups in total. The molecule has 0 spiro atoms. The summed E-state index contributed by atoms with van der Waals surface area (Å²) in [6.07, 6.45) is 1.05. The maximum Gasteiger partial charge on any atom is 0.253 e. The van der Waals surface area contributed by atoms with Crippen molar-refractivity contribution in [3.8, 4) is 0 Å². The van der Waals surface area contributed by atoms with Gasteiger partial charge in [0, 0.05) is 0 Å². The first-order valence-corrected chi connectivity index (χ1v) is 9.51. The molecule has 0 fully saturated rings. The second kappa shape index (κ2) is 7.05. The molecular formula is C18H22N2O3S. The van der Waals surface area contributed by atoms with Crippen LogP contribution in [0.1, 0.15) is 40.0 Å².